The number of hydrogen-bond acceptors (Lipinski definition) is 2. The minimum absolute atomic E-state index is 0.00771. The van der Waals surface area contributed by atoms with Crippen LogP contribution in [-0.4, -0.2) is 23.9 Å². The maximum atomic E-state index is 5.49. The molecule has 0 saturated carbocycles. The van der Waals surface area contributed by atoms with Gasteiger partial charge in [0.1, 0.15) is 0 Å². The fourth-order valence-electron chi connectivity index (χ4n) is 1.46. The van der Waals surface area contributed by atoms with Gasteiger partial charge in [0, 0.05) is 17.6 Å². The third kappa shape index (κ3) is 10.9. The minimum Gasteiger partial charge on any atom is -0.353 e. The van der Waals surface area contributed by atoms with Crippen molar-refractivity contribution >= 4 is 22.6 Å². The summed E-state index contributed by atoms with van der Waals surface area (Å²) in [7, 11) is 0. The number of allylic oxidation sites excluding steroid dienone is 2. The summed E-state index contributed by atoms with van der Waals surface area (Å²) >= 11 is 2.40. The van der Waals surface area contributed by atoms with E-state index in [1.165, 1.54) is 30.1 Å². The maximum absolute atomic E-state index is 5.49. The molecule has 96 valence electrons. The zero-order valence-corrected chi connectivity index (χ0v) is 12.7. The van der Waals surface area contributed by atoms with Gasteiger partial charge in [-0.15, -0.1) is 0 Å². The molecule has 0 heterocycles. The largest absolute Gasteiger partial charge is 0.353 e. The number of halogens is 1. The molecule has 0 aliphatic heterocycles. The van der Waals surface area contributed by atoms with E-state index in [1.54, 1.807) is 0 Å². The highest BCUT2D eigenvalue weighted by Gasteiger charge is 2.06. The molecule has 0 aromatic rings. The second kappa shape index (κ2) is 13.5. The quantitative estimate of drug-likeness (QED) is 0.183. The zero-order chi connectivity index (χ0) is 12.1. The van der Waals surface area contributed by atoms with Crippen LogP contribution in [0.25, 0.3) is 0 Å². The summed E-state index contributed by atoms with van der Waals surface area (Å²) in [6.45, 7) is 5.50. The number of hydrogen-bond donors (Lipinski definition) is 0. The molecule has 0 fully saturated rings. The predicted octanol–water partition coefficient (Wildman–Crippen LogP) is 4.33. The molecule has 0 amide bonds. The summed E-state index contributed by atoms with van der Waals surface area (Å²) in [6.07, 6.45) is 10.4. The molecular formula is C13H25IO2. The van der Waals surface area contributed by atoms with Gasteiger partial charge in [0.15, 0.2) is 6.29 Å². The lowest BCUT2D eigenvalue weighted by Crippen LogP contribution is -2.17. The molecule has 0 bridgehead atoms. The van der Waals surface area contributed by atoms with E-state index < -0.39 is 0 Å². The van der Waals surface area contributed by atoms with Crippen LogP contribution in [0.2, 0.25) is 0 Å². The summed E-state index contributed by atoms with van der Waals surface area (Å²) in [5.41, 5.74) is 0. The Labute approximate surface area is 114 Å². The maximum Gasteiger partial charge on any atom is 0.157 e. The highest BCUT2D eigenvalue weighted by atomic mass is 127. The van der Waals surface area contributed by atoms with Crippen molar-refractivity contribution in [3.05, 3.63) is 12.2 Å². The van der Waals surface area contributed by atoms with Crippen LogP contribution in [0, 0.1) is 0 Å². The Balaban J connectivity index is 3.39. The SMILES string of the molecule is CCOC(CCCC/C=C/CCI)OCC. The fourth-order valence-corrected chi connectivity index (χ4v) is 1.82. The van der Waals surface area contributed by atoms with E-state index in [1.807, 2.05) is 13.8 Å². The monoisotopic (exact) mass is 340 g/mol. The van der Waals surface area contributed by atoms with Crippen LogP contribution in [-0.2, 0) is 9.47 Å². The molecule has 0 N–H and O–H groups in total. The molecule has 0 spiro atoms. The van der Waals surface area contributed by atoms with Crippen LogP contribution in [0.5, 0.6) is 0 Å². The van der Waals surface area contributed by atoms with Gasteiger partial charge >= 0.3 is 0 Å². The Morgan fingerprint density at radius 1 is 1.00 bits per heavy atom. The molecule has 0 aliphatic carbocycles. The first-order valence-corrected chi connectivity index (χ1v) is 7.81. The van der Waals surface area contributed by atoms with Gasteiger partial charge in [-0.1, -0.05) is 34.7 Å². The molecule has 16 heavy (non-hydrogen) atoms. The van der Waals surface area contributed by atoms with E-state index in [9.17, 15) is 0 Å². The van der Waals surface area contributed by atoms with Gasteiger partial charge in [0.25, 0.3) is 0 Å². The second-order valence-corrected chi connectivity index (χ2v) is 4.65. The van der Waals surface area contributed by atoms with E-state index in [2.05, 4.69) is 34.7 Å². The van der Waals surface area contributed by atoms with Crippen molar-refractivity contribution in [3.63, 3.8) is 0 Å². The molecular weight excluding hydrogens is 315 g/mol. The van der Waals surface area contributed by atoms with Gasteiger partial charge in [-0.2, -0.15) is 0 Å². The highest BCUT2D eigenvalue weighted by molar-refractivity contribution is 14.1. The van der Waals surface area contributed by atoms with Crippen LogP contribution in [0.15, 0.2) is 12.2 Å². The Kier molecular flexibility index (Phi) is 13.8. The Hall–Kier alpha value is 0.390. The normalized spacial score (nSPS) is 11.8. The highest BCUT2D eigenvalue weighted by Crippen LogP contribution is 2.09. The molecule has 3 heteroatoms. The van der Waals surface area contributed by atoms with Crippen molar-refractivity contribution in [2.24, 2.45) is 0 Å². The Morgan fingerprint density at radius 3 is 2.19 bits per heavy atom. The summed E-state index contributed by atoms with van der Waals surface area (Å²) in [6, 6.07) is 0. The van der Waals surface area contributed by atoms with Crippen molar-refractivity contribution in [3.8, 4) is 0 Å². The first-order chi connectivity index (χ1) is 7.85. The van der Waals surface area contributed by atoms with Crippen molar-refractivity contribution in [2.75, 3.05) is 17.6 Å². The first kappa shape index (κ1) is 16.4. The minimum atomic E-state index is 0.00771. The van der Waals surface area contributed by atoms with Gasteiger partial charge in [0.2, 0.25) is 0 Å². The molecule has 0 unspecified atom stereocenters. The average Bonchev–Trinajstić information content (AvgIpc) is 2.28. The van der Waals surface area contributed by atoms with E-state index in [0.29, 0.717) is 0 Å². The van der Waals surface area contributed by atoms with E-state index in [4.69, 9.17) is 9.47 Å². The lowest BCUT2D eigenvalue weighted by Gasteiger charge is -2.16. The van der Waals surface area contributed by atoms with Gasteiger partial charge in [0.05, 0.1) is 0 Å². The molecule has 0 radical (unpaired) electrons. The van der Waals surface area contributed by atoms with Crippen molar-refractivity contribution < 1.29 is 9.47 Å². The van der Waals surface area contributed by atoms with Gasteiger partial charge < -0.3 is 9.47 Å². The molecule has 0 aromatic heterocycles. The second-order valence-electron chi connectivity index (χ2n) is 3.57. The average molecular weight is 340 g/mol. The molecule has 2 nitrogen and oxygen atoms in total. The molecule has 0 saturated heterocycles. The van der Waals surface area contributed by atoms with Crippen LogP contribution in [0.4, 0.5) is 0 Å². The third-order valence-corrected chi connectivity index (χ3v) is 2.83. The van der Waals surface area contributed by atoms with Crippen LogP contribution in [0.1, 0.15) is 46.0 Å². The lowest BCUT2D eigenvalue weighted by atomic mass is 10.2. The predicted molar refractivity (Wildman–Crippen MR) is 78.2 cm³/mol. The number of ether oxygens (including phenoxy) is 2. The van der Waals surface area contributed by atoms with Crippen molar-refractivity contribution in [1.82, 2.24) is 0 Å². The third-order valence-electron chi connectivity index (χ3n) is 2.21. The zero-order valence-electron chi connectivity index (χ0n) is 10.6. The molecule has 0 rings (SSSR count). The standard InChI is InChI=1S/C13H25IO2/c1-3-15-13(16-4-2)11-9-7-5-6-8-10-12-14/h6,8,13H,3-5,7,9-12H2,1-2H3/b8-6+. The summed E-state index contributed by atoms with van der Waals surface area (Å²) < 4.78 is 12.2. The Bertz CT molecular complexity index is 154. The summed E-state index contributed by atoms with van der Waals surface area (Å²) in [5.74, 6) is 0. The number of unbranched alkanes of at least 4 members (excludes halogenated alkanes) is 2. The Morgan fingerprint density at radius 2 is 1.62 bits per heavy atom. The van der Waals surface area contributed by atoms with E-state index in [-0.39, 0.29) is 6.29 Å². The number of alkyl halides is 1. The van der Waals surface area contributed by atoms with Gasteiger partial charge in [-0.25, -0.2) is 0 Å². The van der Waals surface area contributed by atoms with E-state index in [0.717, 1.165) is 19.6 Å². The van der Waals surface area contributed by atoms with Gasteiger partial charge in [-0.05, 0) is 46.0 Å². The first-order valence-electron chi connectivity index (χ1n) is 6.29. The lowest BCUT2D eigenvalue weighted by molar-refractivity contribution is -0.140. The smallest absolute Gasteiger partial charge is 0.157 e. The van der Waals surface area contributed by atoms with Crippen molar-refractivity contribution in [2.45, 2.75) is 52.2 Å². The molecule has 0 aliphatic rings. The van der Waals surface area contributed by atoms with E-state index >= 15 is 0 Å². The number of rotatable bonds is 11. The topological polar surface area (TPSA) is 18.5 Å². The van der Waals surface area contributed by atoms with Crippen molar-refractivity contribution in [1.29, 1.82) is 0 Å². The summed E-state index contributed by atoms with van der Waals surface area (Å²) in [4.78, 5) is 0. The van der Waals surface area contributed by atoms with Crippen LogP contribution < -0.4 is 0 Å². The van der Waals surface area contributed by atoms with Gasteiger partial charge in [-0.3, -0.25) is 0 Å². The molecule has 0 atom stereocenters. The summed E-state index contributed by atoms with van der Waals surface area (Å²) in [5, 5.41) is 0. The molecule has 0 aromatic carbocycles. The van der Waals surface area contributed by atoms with Crippen LogP contribution >= 0.6 is 22.6 Å². The fraction of sp³-hybridized carbons (Fsp3) is 0.846. The van der Waals surface area contributed by atoms with Crippen LogP contribution in [0.3, 0.4) is 0 Å².